The second-order valence-electron chi connectivity index (χ2n) is 4.29. The Labute approximate surface area is 119 Å². The van der Waals surface area contributed by atoms with E-state index in [-0.39, 0.29) is 28.4 Å². The molecule has 0 atom stereocenters. The van der Waals surface area contributed by atoms with Gasteiger partial charge in [0, 0.05) is 18.2 Å². The highest BCUT2D eigenvalue weighted by atomic mass is 19.4. The molecule has 5 nitrogen and oxygen atoms in total. The largest absolute Gasteiger partial charge is 0.493 e. The Hall–Kier alpha value is -2.38. The molecule has 2 rings (SSSR count). The van der Waals surface area contributed by atoms with Crippen molar-refractivity contribution in [3.63, 3.8) is 0 Å². The normalized spacial score (nSPS) is 11.5. The summed E-state index contributed by atoms with van der Waals surface area (Å²) in [5.74, 6) is 0.253. The first-order chi connectivity index (χ1) is 9.81. The minimum absolute atomic E-state index is 0.0352. The molecule has 0 aliphatic heterocycles. The number of ether oxygens (including phenoxy) is 2. The van der Waals surface area contributed by atoms with Crippen molar-refractivity contribution in [2.24, 2.45) is 7.05 Å². The topological polar surface area (TPSA) is 62.3 Å². The van der Waals surface area contributed by atoms with Gasteiger partial charge in [-0.15, -0.1) is 0 Å². The first-order valence-corrected chi connectivity index (χ1v) is 5.91. The van der Waals surface area contributed by atoms with E-state index in [4.69, 9.17) is 15.2 Å². The molecular formula is C13H14F3N3O2. The molecule has 2 aromatic rings. The molecular weight excluding hydrogens is 287 g/mol. The minimum Gasteiger partial charge on any atom is -0.493 e. The molecule has 0 bridgehead atoms. The van der Waals surface area contributed by atoms with Crippen LogP contribution in [0.2, 0.25) is 0 Å². The maximum absolute atomic E-state index is 13.3. The third kappa shape index (κ3) is 2.48. The second kappa shape index (κ2) is 5.19. The van der Waals surface area contributed by atoms with Gasteiger partial charge in [0.25, 0.3) is 0 Å². The highest BCUT2D eigenvalue weighted by Crippen LogP contribution is 2.47. The molecule has 0 saturated carbocycles. The number of aromatic nitrogens is 2. The van der Waals surface area contributed by atoms with Crippen molar-refractivity contribution in [3.8, 4) is 22.6 Å². The van der Waals surface area contributed by atoms with Crippen LogP contribution in [0.5, 0.6) is 11.5 Å². The van der Waals surface area contributed by atoms with Crippen molar-refractivity contribution in [1.82, 2.24) is 9.78 Å². The Bertz CT molecular complexity index is 665. The standard InChI is InChI=1S/C13H14F3N3O2/c1-19-12(17)7(6-18-19)10-8(13(14,15)16)4-5-9(20-2)11(10)21-3/h4-6H,17H2,1-3H3. The van der Waals surface area contributed by atoms with Gasteiger partial charge in [-0.25, -0.2) is 0 Å². The van der Waals surface area contributed by atoms with E-state index in [1.807, 2.05) is 0 Å². The van der Waals surface area contributed by atoms with Crippen LogP contribution < -0.4 is 15.2 Å². The third-order valence-electron chi connectivity index (χ3n) is 3.10. The van der Waals surface area contributed by atoms with Crippen LogP contribution in [0.4, 0.5) is 19.0 Å². The van der Waals surface area contributed by atoms with Crippen LogP contribution in [0.25, 0.3) is 11.1 Å². The molecule has 2 N–H and O–H groups in total. The number of alkyl halides is 3. The van der Waals surface area contributed by atoms with E-state index in [9.17, 15) is 13.2 Å². The number of nitrogen functional groups attached to an aromatic ring is 1. The van der Waals surface area contributed by atoms with Crippen LogP contribution in [0.1, 0.15) is 5.56 Å². The Kier molecular flexibility index (Phi) is 3.71. The Morgan fingerprint density at radius 3 is 2.29 bits per heavy atom. The van der Waals surface area contributed by atoms with Gasteiger partial charge in [-0.05, 0) is 12.1 Å². The maximum atomic E-state index is 13.3. The van der Waals surface area contributed by atoms with Crippen molar-refractivity contribution in [2.75, 3.05) is 20.0 Å². The molecule has 0 fully saturated rings. The molecule has 1 aromatic carbocycles. The van der Waals surface area contributed by atoms with E-state index in [0.717, 1.165) is 6.07 Å². The lowest BCUT2D eigenvalue weighted by atomic mass is 9.99. The van der Waals surface area contributed by atoms with Crippen LogP contribution in [0.15, 0.2) is 18.3 Å². The Morgan fingerprint density at radius 1 is 1.19 bits per heavy atom. The SMILES string of the molecule is COc1ccc(C(F)(F)F)c(-c2cnn(C)c2N)c1OC. The second-order valence-corrected chi connectivity index (χ2v) is 4.29. The van der Waals surface area contributed by atoms with Crippen molar-refractivity contribution in [3.05, 3.63) is 23.9 Å². The minimum atomic E-state index is -4.56. The van der Waals surface area contributed by atoms with Gasteiger partial charge in [0.1, 0.15) is 5.82 Å². The van der Waals surface area contributed by atoms with Gasteiger partial charge in [0.2, 0.25) is 0 Å². The smallest absolute Gasteiger partial charge is 0.417 e. The van der Waals surface area contributed by atoms with Crippen molar-refractivity contribution < 1.29 is 22.6 Å². The first kappa shape index (κ1) is 15.0. The van der Waals surface area contributed by atoms with Crippen LogP contribution in [-0.2, 0) is 13.2 Å². The number of halogens is 3. The predicted octanol–water partition coefficient (Wildman–Crippen LogP) is 2.71. The predicted molar refractivity (Wildman–Crippen MR) is 71.2 cm³/mol. The molecule has 0 amide bonds. The number of methoxy groups -OCH3 is 2. The summed E-state index contributed by atoms with van der Waals surface area (Å²) in [4.78, 5) is 0. The first-order valence-electron chi connectivity index (χ1n) is 5.91. The molecule has 114 valence electrons. The number of benzene rings is 1. The fourth-order valence-corrected chi connectivity index (χ4v) is 2.07. The summed E-state index contributed by atoms with van der Waals surface area (Å²) in [5, 5.41) is 3.87. The van der Waals surface area contributed by atoms with Gasteiger partial charge < -0.3 is 15.2 Å². The monoisotopic (exact) mass is 301 g/mol. The van der Waals surface area contributed by atoms with E-state index in [0.29, 0.717) is 0 Å². The lowest BCUT2D eigenvalue weighted by Gasteiger charge is -2.18. The van der Waals surface area contributed by atoms with Crippen molar-refractivity contribution >= 4 is 5.82 Å². The molecule has 8 heteroatoms. The summed E-state index contributed by atoms with van der Waals surface area (Å²) in [6, 6.07) is 2.14. The molecule has 0 spiro atoms. The van der Waals surface area contributed by atoms with Gasteiger partial charge in [0.15, 0.2) is 11.5 Å². The summed E-state index contributed by atoms with van der Waals surface area (Å²) in [7, 11) is 4.16. The zero-order valence-corrected chi connectivity index (χ0v) is 11.7. The van der Waals surface area contributed by atoms with Gasteiger partial charge in [0.05, 0.1) is 26.0 Å². The van der Waals surface area contributed by atoms with E-state index < -0.39 is 11.7 Å². The number of hydrogen-bond donors (Lipinski definition) is 1. The van der Waals surface area contributed by atoms with Crippen LogP contribution in [0.3, 0.4) is 0 Å². The highest BCUT2D eigenvalue weighted by molar-refractivity contribution is 5.83. The summed E-state index contributed by atoms with van der Waals surface area (Å²) in [6.07, 6.45) is -3.29. The fraction of sp³-hybridized carbons (Fsp3) is 0.308. The van der Waals surface area contributed by atoms with Gasteiger partial charge in [-0.2, -0.15) is 18.3 Å². The number of hydrogen-bond acceptors (Lipinski definition) is 4. The average molecular weight is 301 g/mol. The molecule has 1 heterocycles. The summed E-state index contributed by atoms with van der Waals surface area (Å²) >= 11 is 0. The molecule has 0 aliphatic carbocycles. The molecule has 0 saturated heterocycles. The van der Waals surface area contributed by atoms with Gasteiger partial charge in [-0.3, -0.25) is 4.68 Å². The Balaban J connectivity index is 2.85. The molecule has 0 aliphatic rings. The zero-order valence-electron chi connectivity index (χ0n) is 11.7. The zero-order chi connectivity index (χ0) is 15.8. The number of aryl methyl sites for hydroxylation is 1. The lowest BCUT2D eigenvalue weighted by molar-refractivity contribution is -0.137. The molecule has 0 radical (unpaired) electrons. The fourth-order valence-electron chi connectivity index (χ4n) is 2.07. The third-order valence-corrected chi connectivity index (χ3v) is 3.10. The lowest BCUT2D eigenvalue weighted by Crippen LogP contribution is -2.09. The quantitative estimate of drug-likeness (QED) is 0.947. The Morgan fingerprint density at radius 2 is 1.86 bits per heavy atom. The highest BCUT2D eigenvalue weighted by Gasteiger charge is 2.37. The summed E-state index contributed by atoms with van der Waals surface area (Å²) in [5.41, 5.74) is 4.89. The van der Waals surface area contributed by atoms with Crippen molar-refractivity contribution in [2.45, 2.75) is 6.18 Å². The van der Waals surface area contributed by atoms with Crippen LogP contribution in [0, 0.1) is 0 Å². The number of anilines is 1. The van der Waals surface area contributed by atoms with Crippen LogP contribution in [-0.4, -0.2) is 24.0 Å². The maximum Gasteiger partial charge on any atom is 0.417 e. The molecule has 21 heavy (non-hydrogen) atoms. The average Bonchev–Trinajstić information content (AvgIpc) is 2.76. The van der Waals surface area contributed by atoms with Gasteiger partial charge in [-0.1, -0.05) is 0 Å². The van der Waals surface area contributed by atoms with Crippen LogP contribution >= 0.6 is 0 Å². The van der Waals surface area contributed by atoms with E-state index in [2.05, 4.69) is 5.10 Å². The van der Waals surface area contributed by atoms with Gasteiger partial charge >= 0.3 is 6.18 Å². The van der Waals surface area contributed by atoms with E-state index in [1.165, 1.54) is 31.2 Å². The van der Waals surface area contributed by atoms with E-state index in [1.54, 1.807) is 7.05 Å². The molecule has 1 aromatic heterocycles. The number of nitrogens with zero attached hydrogens (tertiary/aromatic N) is 2. The molecule has 0 unspecified atom stereocenters. The van der Waals surface area contributed by atoms with E-state index >= 15 is 0 Å². The van der Waals surface area contributed by atoms with Crippen molar-refractivity contribution in [1.29, 1.82) is 0 Å². The summed E-state index contributed by atoms with van der Waals surface area (Å²) in [6.45, 7) is 0. The summed E-state index contributed by atoms with van der Waals surface area (Å²) < 4.78 is 51.2. The number of nitrogens with two attached hydrogens (primary N) is 1. The number of rotatable bonds is 3.